The van der Waals surface area contributed by atoms with Gasteiger partial charge in [0.2, 0.25) is 0 Å². The second-order valence-corrected chi connectivity index (χ2v) is 4.89. The number of imidazole rings is 1. The lowest BCUT2D eigenvalue weighted by molar-refractivity contribution is -0.384. The Kier molecular flexibility index (Phi) is 3.81. The SMILES string of the molecule is O=C(Cn1cnc2c(=S)nc[nH]c21)Oc1ccc([N+](=O)[O-])cc1. The zero-order valence-electron chi connectivity index (χ0n) is 11.5. The molecule has 0 saturated carbocycles. The Bertz CT molecular complexity index is 947. The van der Waals surface area contributed by atoms with Gasteiger partial charge in [0.05, 0.1) is 17.6 Å². The Morgan fingerprint density at radius 3 is 2.78 bits per heavy atom. The number of carbonyl (C=O) groups excluding carboxylic acids is 1. The number of esters is 1. The van der Waals surface area contributed by atoms with E-state index in [-0.39, 0.29) is 18.0 Å². The number of nitrogens with zero attached hydrogens (tertiary/aromatic N) is 4. The van der Waals surface area contributed by atoms with Crippen LogP contribution in [0.4, 0.5) is 5.69 Å². The van der Waals surface area contributed by atoms with E-state index in [9.17, 15) is 14.9 Å². The first-order valence-electron chi connectivity index (χ1n) is 6.38. The van der Waals surface area contributed by atoms with Gasteiger partial charge in [-0.25, -0.2) is 14.8 Å². The monoisotopic (exact) mass is 331 g/mol. The molecular formula is C13H9N5O4S. The van der Waals surface area contributed by atoms with E-state index < -0.39 is 10.9 Å². The largest absolute Gasteiger partial charge is 0.425 e. The molecule has 0 unspecified atom stereocenters. The summed E-state index contributed by atoms with van der Waals surface area (Å²) in [4.78, 5) is 32.9. The molecule has 23 heavy (non-hydrogen) atoms. The number of aromatic nitrogens is 4. The summed E-state index contributed by atoms with van der Waals surface area (Å²) in [6.07, 6.45) is 2.88. The van der Waals surface area contributed by atoms with Crippen molar-refractivity contribution in [1.82, 2.24) is 19.5 Å². The summed E-state index contributed by atoms with van der Waals surface area (Å²) < 4.78 is 7.01. The number of aromatic amines is 1. The number of hydrogen-bond acceptors (Lipinski definition) is 7. The van der Waals surface area contributed by atoms with Crippen molar-refractivity contribution in [2.75, 3.05) is 0 Å². The minimum atomic E-state index is -0.547. The molecule has 0 fully saturated rings. The summed E-state index contributed by atoms with van der Waals surface area (Å²) in [7, 11) is 0. The van der Waals surface area contributed by atoms with E-state index in [1.54, 1.807) is 4.57 Å². The van der Waals surface area contributed by atoms with Gasteiger partial charge in [0.15, 0.2) is 4.64 Å². The number of rotatable bonds is 4. The van der Waals surface area contributed by atoms with Crippen molar-refractivity contribution in [3.8, 4) is 5.75 Å². The highest BCUT2D eigenvalue weighted by Gasteiger charge is 2.12. The highest BCUT2D eigenvalue weighted by Crippen LogP contribution is 2.18. The molecule has 0 amide bonds. The van der Waals surface area contributed by atoms with Crippen LogP contribution in [0.1, 0.15) is 0 Å². The van der Waals surface area contributed by atoms with Crippen LogP contribution in [0, 0.1) is 14.8 Å². The van der Waals surface area contributed by atoms with E-state index in [2.05, 4.69) is 15.0 Å². The first-order chi connectivity index (χ1) is 11.0. The molecule has 0 aliphatic rings. The molecular weight excluding hydrogens is 322 g/mol. The molecule has 1 N–H and O–H groups in total. The first-order valence-corrected chi connectivity index (χ1v) is 6.79. The predicted octanol–water partition coefficient (Wildman–Crippen LogP) is 2.00. The Morgan fingerprint density at radius 1 is 1.35 bits per heavy atom. The van der Waals surface area contributed by atoms with Gasteiger partial charge in [-0.1, -0.05) is 12.2 Å². The molecule has 0 saturated heterocycles. The maximum Gasteiger partial charge on any atom is 0.331 e. The summed E-state index contributed by atoms with van der Waals surface area (Å²) in [5.41, 5.74) is 0.974. The quantitative estimate of drug-likeness (QED) is 0.255. The molecule has 0 aliphatic heterocycles. The van der Waals surface area contributed by atoms with Crippen LogP contribution in [0.2, 0.25) is 0 Å². The summed E-state index contributed by atoms with van der Waals surface area (Å²) in [5, 5.41) is 10.6. The molecule has 2 heterocycles. The maximum absolute atomic E-state index is 12.0. The van der Waals surface area contributed by atoms with E-state index in [1.165, 1.54) is 36.9 Å². The number of nitro benzene ring substituents is 1. The van der Waals surface area contributed by atoms with E-state index in [1.807, 2.05) is 0 Å². The molecule has 0 atom stereocenters. The van der Waals surface area contributed by atoms with Crippen LogP contribution in [0.15, 0.2) is 36.9 Å². The highest BCUT2D eigenvalue weighted by atomic mass is 32.1. The summed E-state index contributed by atoms with van der Waals surface area (Å²) in [5.74, 6) is -0.325. The molecule has 2 aromatic heterocycles. The molecule has 0 radical (unpaired) electrons. The van der Waals surface area contributed by atoms with Crippen molar-refractivity contribution in [2.45, 2.75) is 6.54 Å². The van der Waals surface area contributed by atoms with Crippen molar-refractivity contribution >= 4 is 35.0 Å². The smallest absolute Gasteiger partial charge is 0.331 e. The Labute approximate surface area is 133 Å². The molecule has 116 valence electrons. The van der Waals surface area contributed by atoms with Gasteiger partial charge in [-0.05, 0) is 12.1 Å². The number of nitro groups is 1. The number of fused-ring (bicyclic) bond motifs is 1. The first kappa shape index (κ1) is 14.8. The number of ether oxygens (including phenoxy) is 1. The molecule has 0 aliphatic carbocycles. The van der Waals surface area contributed by atoms with Gasteiger partial charge in [-0.3, -0.25) is 10.1 Å². The average molecular weight is 331 g/mol. The van der Waals surface area contributed by atoms with Crippen LogP contribution < -0.4 is 4.74 Å². The lowest BCUT2D eigenvalue weighted by Crippen LogP contribution is -2.16. The molecule has 3 rings (SSSR count). The number of H-pyrrole nitrogens is 1. The standard InChI is InChI=1S/C13H9N5O4S/c19-10(22-9-3-1-8(2-4-9)18(20)21)5-17-7-16-11-12(17)14-6-15-13(11)23/h1-4,6-7H,5H2,(H,14,15,23). The van der Waals surface area contributed by atoms with Crippen LogP contribution in [-0.4, -0.2) is 30.4 Å². The van der Waals surface area contributed by atoms with Gasteiger partial charge < -0.3 is 14.3 Å². The van der Waals surface area contributed by atoms with Crippen molar-refractivity contribution < 1.29 is 14.5 Å². The van der Waals surface area contributed by atoms with Crippen molar-refractivity contribution in [1.29, 1.82) is 0 Å². The number of nitrogens with one attached hydrogen (secondary N) is 1. The van der Waals surface area contributed by atoms with E-state index in [0.29, 0.717) is 15.8 Å². The van der Waals surface area contributed by atoms with Crippen molar-refractivity contribution in [3.05, 3.63) is 51.7 Å². The van der Waals surface area contributed by atoms with E-state index in [4.69, 9.17) is 17.0 Å². The number of carbonyl (C=O) groups is 1. The van der Waals surface area contributed by atoms with Crippen LogP contribution in [0.3, 0.4) is 0 Å². The predicted molar refractivity (Wildman–Crippen MR) is 81.4 cm³/mol. The highest BCUT2D eigenvalue weighted by molar-refractivity contribution is 7.71. The fourth-order valence-corrected chi connectivity index (χ4v) is 2.16. The van der Waals surface area contributed by atoms with Gasteiger partial charge >= 0.3 is 5.97 Å². The summed E-state index contributed by atoms with van der Waals surface area (Å²) in [6, 6.07) is 5.25. The molecule has 0 spiro atoms. The van der Waals surface area contributed by atoms with Crippen LogP contribution in [-0.2, 0) is 11.3 Å². The molecule has 0 bridgehead atoms. The number of hydrogen-bond donors (Lipinski definition) is 1. The van der Waals surface area contributed by atoms with Crippen LogP contribution in [0.5, 0.6) is 5.75 Å². The van der Waals surface area contributed by atoms with Crippen molar-refractivity contribution in [3.63, 3.8) is 0 Å². The van der Waals surface area contributed by atoms with Gasteiger partial charge in [0.1, 0.15) is 23.5 Å². The van der Waals surface area contributed by atoms with E-state index >= 15 is 0 Å². The second-order valence-electron chi connectivity index (χ2n) is 4.50. The topological polar surface area (TPSA) is 116 Å². The molecule has 10 heteroatoms. The Morgan fingerprint density at radius 2 is 2.09 bits per heavy atom. The maximum atomic E-state index is 12.0. The lowest BCUT2D eigenvalue weighted by atomic mass is 10.3. The number of non-ortho nitro benzene ring substituents is 1. The Balaban J connectivity index is 1.75. The molecule has 1 aromatic carbocycles. The fraction of sp³-hybridized carbons (Fsp3) is 0.0769. The van der Waals surface area contributed by atoms with Gasteiger partial charge in [-0.15, -0.1) is 0 Å². The Hall–Kier alpha value is -3.14. The fourth-order valence-electron chi connectivity index (χ4n) is 1.96. The third-order valence-corrected chi connectivity index (χ3v) is 3.30. The van der Waals surface area contributed by atoms with Gasteiger partial charge in [-0.2, -0.15) is 0 Å². The lowest BCUT2D eigenvalue weighted by Gasteiger charge is -2.05. The number of benzene rings is 1. The zero-order valence-corrected chi connectivity index (χ0v) is 12.3. The third-order valence-electron chi connectivity index (χ3n) is 3.00. The van der Waals surface area contributed by atoms with Gasteiger partial charge in [0.25, 0.3) is 5.69 Å². The normalized spacial score (nSPS) is 10.6. The van der Waals surface area contributed by atoms with E-state index in [0.717, 1.165) is 0 Å². The second kappa shape index (κ2) is 5.93. The summed E-state index contributed by atoms with van der Waals surface area (Å²) in [6.45, 7) is -0.0945. The molecule has 3 aromatic rings. The van der Waals surface area contributed by atoms with Crippen LogP contribution >= 0.6 is 12.2 Å². The molecule has 9 nitrogen and oxygen atoms in total. The average Bonchev–Trinajstić information content (AvgIpc) is 2.92. The van der Waals surface area contributed by atoms with Crippen LogP contribution in [0.25, 0.3) is 11.2 Å². The minimum Gasteiger partial charge on any atom is -0.425 e. The van der Waals surface area contributed by atoms with Gasteiger partial charge in [0, 0.05) is 12.1 Å². The third kappa shape index (κ3) is 3.06. The minimum absolute atomic E-state index is 0.0783. The summed E-state index contributed by atoms with van der Waals surface area (Å²) >= 11 is 5.04. The van der Waals surface area contributed by atoms with Crippen molar-refractivity contribution in [2.24, 2.45) is 0 Å². The zero-order chi connectivity index (χ0) is 16.4.